The molecule has 0 bridgehead atoms. The lowest BCUT2D eigenvalue weighted by Gasteiger charge is -2.22. The molecule has 1 unspecified atom stereocenters. The number of nitrogens with one attached hydrogen (secondary N) is 1. The molecule has 0 aromatic heterocycles. The van der Waals surface area contributed by atoms with Gasteiger partial charge in [-0.3, -0.25) is 13.9 Å². The SMILES string of the molecule is C=CC(=O)NCCCOS(=O)(=O)C(CC)N(C)C. The van der Waals surface area contributed by atoms with Crippen LogP contribution in [0.2, 0.25) is 0 Å². The van der Waals surface area contributed by atoms with Crippen molar-refractivity contribution in [1.82, 2.24) is 10.2 Å². The van der Waals surface area contributed by atoms with Gasteiger partial charge in [-0.25, -0.2) is 0 Å². The number of carbonyl (C=O) groups is 1. The fourth-order valence-electron chi connectivity index (χ4n) is 1.44. The van der Waals surface area contributed by atoms with Gasteiger partial charge in [-0.2, -0.15) is 8.42 Å². The Hall–Kier alpha value is -0.920. The number of rotatable bonds is 9. The molecule has 1 atom stereocenters. The molecule has 7 heteroatoms. The van der Waals surface area contributed by atoms with Crippen LogP contribution in [-0.4, -0.2) is 51.8 Å². The maximum atomic E-state index is 11.8. The van der Waals surface area contributed by atoms with E-state index in [-0.39, 0.29) is 12.5 Å². The molecular formula is C11H22N2O4S. The third-order valence-corrected chi connectivity index (χ3v) is 4.23. The van der Waals surface area contributed by atoms with Gasteiger partial charge in [0.2, 0.25) is 5.91 Å². The van der Waals surface area contributed by atoms with E-state index in [1.54, 1.807) is 25.9 Å². The highest BCUT2D eigenvalue weighted by Gasteiger charge is 2.26. The Labute approximate surface area is 109 Å². The normalized spacial score (nSPS) is 13.3. The molecule has 0 aromatic carbocycles. The van der Waals surface area contributed by atoms with Crippen LogP contribution in [0.4, 0.5) is 0 Å². The van der Waals surface area contributed by atoms with E-state index in [0.717, 1.165) is 6.08 Å². The highest BCUT2D eigenvalue weighted by atomic mass is 32.2. The second kappa shape index (κ2) is 8.23. The van der Waals surface area contributed by atoms with Crippen molar-refractivity contribution in [2.24, 2.45) is 0 Å². The Balaban J connectivity index is 4.05. The summed E-state index contributed by atoms with van der Waals surface area (Å²) in [5, 5.41) is 1.90. The summed E-state index contributed by atoms with van der Waals surface area (Å²) in [6.45, 7) is 5.52. The summed E-state index contributed by atoms with van der Waals surface area (Å²) in [6.07, 6.45) is 2.06. The topological polar surface area (TPSA) is 75.7 Å². The van der Waals surface area contributed by atoms with Crippen molar-refractivity contribution >= 4 is 16.0 Å². The maximum absolute atomic E-state index is 11.8. The Bertz CT molecular complexity index is 365. The molecule has 18 heavy (non-hydrogen) atoms. The molecular weight excluding hydrogens is 256 g/mol. The van der Waals surface area contributed by atoms with Gasteiger partial charge in [0.05, 0.1) is 6.61 Å². The summed E-state index contributed by atoms with van der Waals surface area (Å²) in [4.78, 5) is 12.4. The van der Waals surface area contributed by atoms with Crippen LogP contribution < -0.4 is 5.32 Å². The average molecular weight is 278 g/mol. The van der Waals surface area contributed by atoms with Gasteiger partial charge in [0.1, 0.15) is 5.37 Å². The molecule has 0 heterocycles. The monoisotopic (exact) mass is 278 g/mol. The molecule has 0 spiro atoms. The molecule has 0 radical (unpaired) electrons. The molecule has 1 N–H and O–H groups in total. The zero-order chi connectivity index (χ0) is 14.2. The summed E-state index contributed by atoms with van der Waals surface area (Å²) in [5.74, 6) is -0.280. The van der Waals surface area contributed by atoms with Gasteiger partial charge in [-0.1, -0.05) is 13.5 Å². The zero-order valence-corrected chi connectivity index (χ0v) is 12.0. The van der Waals surface area contributed by atoms with Crippen LogP contribution in [0.3, 0.4) is 0 Å². The zero-order valence-electron chi connectivity index (χ0n) is 11.2. The molecule has 0 rings (SSSR count). The van der Waals surface area contributed by atoms with E-state index in [1.807, 2.05) is 0 Å². The average Bonchev–Trinajstić information content (AvgIpc) is 2.27. The van der Waals surface area contributed by atoms with Crippen molar-refractivity contribution < 1.29 is 17.4 Å². The van der Waals surface area contributed by atoms with Gasteiger partial charge in [0, 0.05) is 6.54 Å². The van der Waals surface area contributed by atoms with Crippen molar-refractivity contribution in [1.29, 1.82) is 0 Å². The van der Waals surface area contributed by atoms with Gasteiger partial charge in [-0.15, -0.1) is 0 Å². The van der Waals surface area contributed by atoms with E-state index in [9.17, 15) is 13.2 Å². The summed E-state index contributed by atoms with van der Waals surface area (Å²) >= 11 is 0. The molecule has 1 amide bonds. The summed E-state index contributed by atoms with van der Waals surface area (Å²) in [7, 11) is -0.197. The Morgan fingerprint density at radius 3 is 2.56 bits per heavy atom. The Morgan fingerprint density at radius 2 is 2.11 bits per heavy atom. The fourth-order valence-corrected chi connectivity index (χ4v) is 2.87. The number of carbonyl (C=O) groups excluding carboxylic acids is 1. The van der Waals surface area contributed by atoms with Gasteiger partial charge in [-0.05, 0) is 33.0 Å². The van der Waals surface area contributed by atoms with Crippen molar-refractivity contribution in [2.75, 3.05) is 27.2 Å². The number of hydrogen-bond acceptors (Lipinski definition) is 5. The lowest BCUT2D eigenvalue weighted by molar-refractivity contribution is -0.116. The molecule has 0 aliphatic heterocycles. The third-order valence-electron chi connectivity index (χ3n) is 2.31. The molecule has 0 aromatic rings. The highest BCUT2D eigenvalue weighted by molar-refractivity contribution is 7.87. The first-order chi connectivity index (χ1) is 8.35. The van der Waals surface area contributed by atoms with Crippen LogP contribution in [0, 0.1) is 0 Å². The molecule has 6 nitrogen and oxygen atoms in total. The van der Waals surface area contributed by atoms with E-state index in [1.165, 1.54) is 0 Å². The molecule has 0 aliphatic carbocycles. The predicted molar refractivity (Wildman–Crippen MR) is 70.5 cm³/mol. The minimum atomic E-state index is -3.58. The minimum Gasteiger partial charge on any atom is -0.352 e. The maximum Gasteiger partial charge on any atom is 0.283 e. The van der Waals surface area contributed by atoms with Crippen molar-refractivity contribution in [3.05, 3.63) is 12.7 Å². The minimum absolute atomic E-state index is 0.0596. The molecule has 0 saturated carbocycles. The third kappa shape index (κ3) is 6.13. The van der Waals surface area contributed by atoms with E-state index in [0.29, 0.717) is 19.4 Å². The van der Waals surface area contributed by atoms with E-state index >= 15 is 0 Å². The second-order valence-electron chi connectivity index (χ2n) is 3.99. The number of nitrogens with zero attached hydrogens (tertiary/aromatic N) is 1. The van der Waals surface area contributed by atoms with Gasteiger partial charge in [0.25, 0.3) is 10.1 Å². The van der Waals surface area contributed by atoms with E-state index in [4.69, 9.17) is 4.18 Å². The van der Waals surface area contributed by atoms with Crippen LogP contribution >= 0.6 is 0 Å². The summed E-state index contributed by atoms with van der Waals surface area (Å²) in [5.41, 5.74) is 0. The fraction of sp³-hybridized carbons (Fsp3) is 0.727. The Kier molecular flexibility index (Phi) is 7.81. The first-order valence-corrected chi connectivity index (χ1v) is 7.27. The molecule has 0 saturated heterocycles. The molecule has 0 aliphatic rings. The molecule has 106 valence electrons. The van der Waals surface area contributed by atoms with Gasteiger partial charge < -0.3 is 5.32 Å². The largest absolute Gasteiger partial charge is 0.352 e. The van der Waals surface area contributed by atoms with Crippen molar-refractivity contribution in [3.8, 4) is 0 Å². The van der Waals surface area contributed by atoms with Gasteiger partial charge >= 0.3 is 0 Å². The quantitative estimate of drug-likeness (QED) is 0.373. The van der Waals surface area contributed by atoms with Gasteiger partial charge in [0.15, 0.2) is 0 Å². The number of hydrogen-bond donors (Lipinski definition) is 1. The van der Waals surface area contributed by atoms with Crippen LogP contribution in [0.1, 0.15) is 19.8 Å². The van der Waals surface area contributed by atoms with Crippen LogP contribution in [0.5, 0.6) is 0 Å². The van der Waals surface area contributed by atoms with Crippen LogP contribution in [0.25, 0.3) is 0 Å². The first kappa shape index (κ1) is 17.1. The predicted octanol–water partition coefficient (Wildman–Crippen LogP) is 0.323. The van der Waals surface area contributed by atoms with Crippen molar-refractivity contribution in [2.45, 2.75) is 25.1 Å². The standard InChI is InChI=1S/C11H22N2O4S/c1-5-10(14)12-8-7-9-17-18(15,16)11(6-2)13(3)4/h5,11H,1,6-9H2,2-4H3,(H,12,14). The lowest BCUT2D eigenvalue weighted by atomic mass is 10.4. The first-order valence-electron chi connectivity index (χ1n) is 5.80. The smallest absolute Gasteiger partial charge is 0.283 e. The van der Waals surface area contributed by atoms with Crippen LogP contribution in [-0.2, 0) is 19.1 Å². The molecule has 0 fully saturated rings. The Morgan fingerprint density at radius 1 is 1.50 bits per heavy atom. The lowest BCUT2D eigenvalue weighted by Crippen LogP contribution is -2.36. The van der Waals surface area contributed by atoms with Crippen LogP contribution in [0.15, 0.2) is 12.7 Å². The van der Waals surface area contributed by atoms with Crippen molar-refractivity contribution in [3.63, 3.8) is 0 Å². The number of amides is 1. The summed E-state index contributed by atoms with van der Waals surface area (Å²) in [6, 6.07) is 0. The highest BCUT2D eigenvalue weighted by Crippen LogP contribution is 2.10. The van der Waals surface area contributed by atoms with E-state index < -0.39 is 15.5 Å². The van der Waals surface area contributed by atoms with E-state index in [2.05, 4.69) is 11.9 Å². The second-order valence-corrected chi connectivity index (χ2v) is 5.76. The summed E-state index contributed by atoms with van der Waals surface area (Å²) < 4.78 is 28.5.